The second-order valence-electron chi connectivity index (χ2n) is 17.7. The number of fused-ring (bicyclic) bond motifs is 6. The molecule has 0 amide bonds. The van der Waals surface area contributed by atoms with E-state index < -0.39 is 8.07 Å². The van der Waals surface area contributed by atoms with E-state index in [0.717, 1.165) is 56.1 Å². The Bertz CT molecular complexity index is 3780. The van der Waals surface area contributed by atoms with Crippen molar-refractivity contribution in [1.29, 1.82) is 0 Å². The van der Waals surface area contributed by atoms with Gasteiger partial charge in [0.1, 0.15) is 19.2 Å². The third-order valence-corrected chi connectivity index (χ3v) is 17.3. The Morgan fingerprint density at radius 2 is 0.906 bits per heavy atom. The summed E-state index contributed by atoms with van der Waals surface area (Å²) in [4.78, 5) is 4.94. The minimum absolute atomic E-state index is 0.891. The van der Waals surface area contributed by atoms with E-state index >= 15 is 0 Å². The van der Waals surface area contributed by atoms with Gasteiger partial charge in [-0.1, -0.05) is 165 Å². The molecule has 13 rings (SSSR count). The summed E-state index contributed by atoms with van der Waals surface area (Å²) >= 11 is 0. The predicted molar refractivity (Wildman–Crippen MR) is 274 cm³/mol. The van der Waals surface area contributed by atoms with Crippen molar-refractivity contribution in [3.8, 4) is 22.3 Å². The van der Waals surface area contributed by atoms with Crippen LogP contribution in [0.1, 0.15) is 0 Å². The van der Waals surface area contributed by atoms with Crippen molar-refractivity contribution in [3.05, 3.63) is 218 Å². The number of hydrogen-bond acceptors (Lipinski definition) is 3. The standard InChI is InChI=1S/C60H42N2OSi/c1-64(2)57-24-14-11-21-47(57)48-33-29-44(38-58(48)64)61(43-30-36-56-51(37-43)46-20-10-13-23-55(46)63-56)53-34-27-40-26-32-50-54(35-28-41-25-31-49(53)59(40)60(41)50)62(42-17-7-4-8-18-42)52-22-12-9-19-45(52)39-15-5-3-6-16-39/h3-38H,1-2H3. The fourth-order valence-corrected chi connectivity index (χ4v) is 13.9. The Morgan fingerprint density at radius 1 is 0.344 bits per heavy atom. The van der Waals surface area contributed by atoms with Crippen molar-refractivity contribution in [2.45, 2.75) is 13.1 Å². The fraction of sp³-hybridized carbons (Fsp3) is 0.0333. The zero-order valence-electron chi connectivity index (χ0n) is 35.6. The molecule has 0 radical (unpaired) electrons. The Balaban J connectivity index is 1.06. The van der Waals surface area contributed by atoms with Crippen LogP contribution in [-0.4, -0.2) is 8.07 Å². The van der Waals surface area contributed by atoms with Crippen LogP contribution in [0, 0.1) is 0 Å². The van der Waals surface area contributed by atoms with Crippen LogP contribution in [0.5, 0.6) is 0 Å². The zero-order valence-corrected chi connectivity index (χ0v) is 36.6. The molecular formula is C60H42N2OSi. The van der Waals surface area contributed by atoms with E-state index in [1.165, 1.54) is 64.9 Å². The monoisotopic (exact) mass is 834 g/mol. The molecular weight excluding hydrogens is 793 g/mol. The molecule has 0 bridgehead atoms. The second kappa shape index (κ2) is 14.0. The average molecular weight is 835 g/mol. The lowest BCUT2D eigenvalue weighted by molar-refractivity contribution is 0.669. The summed E-state index contributed by atoms with van der Waals surface area (Å²) in [5.41, 5.74) is 13.7. The number of benzene rings is 11. The summed E-state index contributed by atoms with van der Waals surface area (Å²) in [5, 5.41) is 12.6. The first-order valence-corrected chi connectivity index (χ1v) is 25.2. The molecule has 1 aliphatic heterocycles. The van der Waals surface area contributed by atoms with Crippen molar-refractivity contribution in [1.82, 2.24) is 0 Å². The maximum absolute atomic E-state index is 6.38. The highest BCUT2D eigenvalue weighted by molar-refractivity contribution is 7.03. The zero-order chi connectivity index (χ0) is 42.5. The number of anilines is 6. The Morgan fingerprint density at radius 3 is 1.67 bits per heavy atom. The first kappa shape index (κ1) is 36.7. The molecule has 0 N–H and O–H groups in total. The van der Waals surface area contributed by atoms with Gasteiger partial charge in [-0.25, -0.2) is 0 Å². The highest BCUT2D eigenvalue weighted by atomic mass is 28.3. The number of para-hydroxylation sites is 3. The highest BCUT2D eigenvalue weighted by Gasteiger charge is 2.38. The van der Waals surface area contributed by atoms with E-state index in [4.69, 9.17) is 4.42 Å². The van der Waals surface area contributed by atoms with Crippen molar-refractivity contribution >= 4 is 107 Å². The lowest BCUT2D eigenvalue weighted by Gasteiger charge is -2.31. The largest absolute Gasteiger partial charge is 0.456 e. The summed E-state index contributed by atoms with van der Waals surface area (Å²) < 4.78 is 6.38. The molecule has 0 aliphatic carbocycles. The van der Waals surface area contributed by atoms with Gasteiger partial charge in [-0.15, -0.1) is 0 Å². The van der Waals surface area contributed by atoms with Crippen LogP contribution in [0.25, 0.3) is 76.5 Å². The van der Waals surface area contributed by atoms with Gasteiger partial charge in [0, 0.05) is 44.2 Å². The van der Waals surface area contributed by atoms with Crippen molar-refractivity contribution in [3.63, 3.8) is 0 Å². The average Bonchev–Trinajstić information content (AvgIpc) is 3.83. The molecule has 0 unspecified atom stereocenters. The summed E-state index contributed by atoms with van der Waals surface area (Å²) in [5.74, 6) is 0. The third kappa shape index (κ3) is 5.46. The lowest BCUT2D eigenvalue weighted by atomic mass is 9.91. The summed E-state index contributed by atoms with van der Waals surface area (Å²) in [7, 11) is -1.98. The first-order valence-electron chi connectivity index (χ1n) is 22.2. The molecule has 4 heteroatoms. The number of rotatable bonds is 7. The van der Waals surface area contributed by atoms with Crippen molar-refractivity contribution in [2.75, 3.05) is 9.80 Å². The minimum atomic E-state index is -1.98. The van der Waals surface area contributed by atoms with E-state index in [9.17, 15) is 0 Å². The molecule has 302 valence electrons. The first-order chi connectivity index (χ1) is 31.5. The third-order valence-electron chi connectivity index (χ3n) is 13.8. The molecule has 1 aliphatic rings. The van der Waals surface area contributed by atoms with Gasteiger partial charge in [0.25, 0.3) is 0 Å². The van der Waals surface area contributed by atoms with E-state index in [2.05, 4.69) is 235 Å². The minimum Gasteiger partial charge on any atom is -0.456 e. The SMILES string of the molecule is C[Si]1(C)c2ccccc2-c2ccc(N(c3ccc4oc5ccccc5c4c3)c3ccc4ccc5c(N(c6ccccc6)c6ccccc6-c6ccccc6)ccc6ccc3c4c65)cc21. The van der Waals surface area contributed by atoms with Crippen LogP contribution in [0.4, 0.5) is 34.1 Å². The van der Waals surface area contributed by atoms with Gasteiger partial charge in [0.05, 0.1) is 17.1 Å². The smallest absolute Gasteiger partial charge is 0.135 e. The van der Waals surface area contributed by atoms with Crippen LogP contribution >= 0.6 is 0 Å². The number of hydrogen-bond donors (Lipinski definition) is 0. The van der Waals surface area contributed by atoms with Crippen molar-refractivity contribution < 1.29 is 4.42 Å². The van der Waals surface area contributed by atoms with Crippen LogP contribution < -0.4 is 20.2 Å². The Labute approximate surface area is 373 Å². The molecule has 12 aromatic rings. The molecule has 1 aromatic heterocycles. The Hall–Kier alpha value is -7.92. The van der Waals surface area contributed by atoms with Crippen LogP contribution in [-0.2, 0) is 0 Å². The van der Waals surface area contributed by atoms with E-state index in [1.807, 2.05) is 6.07 Å². The molecule has 3 nitrogen and oxygen atoms in total. The molecule has 0 atom stereocenters. The quantitative estimate of drug-likeness (QED) is 0.118. The van der Waals surface area contributed by atoms with Gasteiger partial charge < -0.3 is 14.2 Å². The summed E-state index contributed by atoms with van der Waals surface area (Å²) in [6, 6.07) is 80.2. The van der Waals surface area contributed by atoms with E-state index in [0.29, 0.717) is 0 Å². The molecule has 11 aromatic carbocycles. The maximum atomic E-state index is 6.38. The van der Waals surface area contributed by atoms with Gasteiger partial charge in [0.15, 0.2) is 0 Å². The molecule has 0 saturated carbocycles. The molecule has 0 spiro atoms. The predicted octanol–water partition coefficient (Wildman–Crippen LogP) is 15.9. The lowest BCUT2D eigenvalue weighted by Crippen LogP contribution is -2.49. The van der Waals surface area contributed by atoms with E-state index in [-0.39, 0.29) is 0 Å². The fourth-order valence-electron chi connectivity index (χ4n) is 10.8. The van der Waals surface area contributed by atoms with Crippen molar-refractivity contribution in [2.24, 2.45) is 0 Å². The summed E-state index contributed by atoms with van der Waals surface area (Å²) in [6.07, 6.45) is 0. The topological polar surface area (TPSA) is 19.6 Å². The van der Waals surface area contributed by atoms with E-state index in [1.54, 1.807) is 0 Å². The van der Waals surface area contributed by atoms with Gasteiger partial charge >= 0.3 is 0 Å². The number of furan rings is 1. The molecule has 0 fully saturated rings. The normalized spacial score (nSPS) is 13.0. The highest BCUT2D eigenvalue weighted by Crippen LogP contribution is 2.49. The molecule has 2 heterocycles. The second-order valence-corrected chi connectivity index (χ2v) is 22.0. The van der Waals surface area contributed by atoms with Crippen LogP contribution in [0.15, 0.2) is 223 Å². The molecule has 64 heavy (non-hydrogen) atoms. The Kier molecular flexibility index (Phi) is 8.06. The van der Waals surface area contributed by atoms with Crippen LogP contribution in [0.2, 0.25) is 13.1 Å². The van der Waals surface area contributed by atoms with Gasteiger partial charge in [-0.05, 0) is 115 Å². The van der Waals surface area contributed by atoms with Gasteiger partial charge in [-0.2, -0.15) is 0 Å². The number of nitrogens with zero attached hydrogens (tertiary/aromatic N) is 2. The maximum Gasteiger partial charge on any atom is 0.135 e. The van der Waals surface area contributed by atoms with Gasteiger partial charge in [0.2, 0.25) is 0 Å². The van der Waals surface area contributed by atoms with Gasteiger partial charge in [-0.3, -0.25) is 0 Å². The summed E-state index contributed by atoms with van der Waals surface area (Å²) in [6.45, 7) is 5.00. The van der Waals surface area contributed by atoms with Crippen LogP contribution in [0.3, 0.4) is 0 Å². The molecule has 0 saturated heterocycles.